The number of amides is 2. The average molecular weight is 353 g/mol. The van der Waals surface area contributed by atoms with Crippen LogP contribution in [0.5, 0.6) is 0 Å². The Balaban J connectivity index is 1.79. The number of ketones is 1. The summed E-state index contributed by atoms with van der Waals surface area (Å²) < 4.78 is 44.5. The number of alkyl halides is 3. The van der Waals surface area contributed by atoms with Crippen molar-refractivity contribution >= 4 is 23.3 Å². The Morgan fingerprint density at radius 2 is 1.76 bits per heavy atom. The van der Waals surface area contributed by atoms with Gasteiger partial charge in [0, 0.05) is 6.42 Å². The summed E-state index contributed by atoms with van der Waals surface area (Å²) in [5.74, 6) is -3.43. The van der Waals surface area contributed by atoms with Crippen molar-refractivity contribution in [2.24, 2.45) is 11.8 Å². The molecule has 1 aromatic rings. The van der Waals surface area contributed by atoms with E-state index in [-0.39, 0.29) is 17.9 Å². The van der Waals surface area contributed by atoms with E-state index in [0.717, 1.165) is 23.1 Å². The molecule has 4 rings (SSSR count). The average Bonchev–Trinajstić information content (AvgIpc) is 3.00. The maximum Gasteiger partial charge on any atom is 0.416 e. The number of Topliss-reactive ketones (excluding diaryl/α,β-unsaturated/α-hetero) is 1. The Bertz CT molecular complexity index is 835. The number of imide groups is 1. The predicted molar refractivity (Wildman–Crippen MR) is 78.4 cm³/mol. The van der Waals surface area contributed by atoms with E-state index in [1.54, 1.807) is 6.92 Å². The molecule has 3 heterocycles. The molecule has 0 spiro atoms. The summed E-state index contributed by atoms with van der Waals surface area (Å²) >= 11 is 0. The van der Waals surface area contributed by atoms with Crippen LogP contribution in [0.3, 0.4) is 0 Å². The lowest BCUT2D eigenvalue weighted by Crippen LogP contribution is -2.46. The molecule has 2 unspecified atom stereocenters. The molecule has 25 heavy (non-hydrogen) atoms. The molecule has 5 nitrogen and oxygen atoms in total. The number of benzene rings is 1. The van der Waals surface area contributed by atoms with Crippen molar-refractivity contribution < 1.29 is 32.3 Å². The van der Waals surface area contributed by atoms with E-state index in [0.29, 0.717) is 0 Å². The molecule has 3 aliphatic rings. The van der Waals surface area contributed by atoms with Crippen LogP contribution in [0.15, 0.2) is 24.3 Å². The molecule has 1 aromatic carbocycles. The summed E-state index contributed by atoms with van der Waals surface area (Å²) in [6.45, 7) is 3.08. The van der Waals surface area contributed by atoms with Crippen molar-refractivity contribution in [3.8, 4) is 0 Å². The Labute approximate surface area is 140 Å². The van der Waals surface area contributed by atoms with Crippen molar-refractivity contribution in [3.63, 3.8) is 0 Å². The van der Waals surface area contributed by atoms with E-state index in [1.165, 1.54) is 13.0 Å². The van der Waals surface area contributed by atoms with Gasteiger partial charge in [0.05, 0.1) is 28.7 Å². The van der Waals surface area contributed by atoms with Gasteiger partial charge in [-0.25, -0.2) is 4.90 Å². The molecule has 2 amide bonds. The van der Waals surface area contributed by atoms with Gasteiger partial charge < -0.3 is 4.74 Å². The molecule has 0 aliphatic carbocycles. The number of hydrogen-bond donors (Lipinski definition) is 0. The zero-order valence-electron chi connectivity index (χ0n) is 13.4. The number of hydrogen-bond acceptors (Lipinski definition) is 4. The zero-order valence-corrected chi connectivity index (χ0v) is 13.4. The van der Waals surface area contributed by atoms with E-state index in [1.807, 2.05) is 0 Å². The first-order valence-corrected chi connectivity index (χ1v) is 7.77. The highest BCUT2D eigenvalue weighted by atomic mass is 19.4. The lowest BCUT2D eigenvalue weighted by Gasteiger charge is -2.26. The number of anilines is 1. The monoisotopic (exact) mass is 353 g/mol. The molecule has 0 radical (unpaired) electrons. The summed E-state index contributed by atoms with van der Waals surface area (Å²) in [5.41, 5.74) is -3.59. The Morgan fingerprint density at radius 1 is 1.12 bits per heavy atom. The molecular weight excluding hydrogens is 339 g/mol. The summed E-state index contributed by atoms with van der Waals surface area (Å²) in [6.07, 6.45) is -4.58. The zero-order chi connectivity index (χ0) is 18.4. The van der Waals surface area contributed by atoms with Gasteiger partial charge in [0.15, 0.2) is 5.78 Å². The third-order valence-corrected chi connectivity index (χ3v) is 5.50. The number of rotatable bonds is 1. The third kappa shape index (κ3) is 1.91. The molecular formula is C17H14F3NO4. The standard InChI is InChI=1S/C17H14F3NO4/c1-15-7-10(22)16(2,25-15)12-11(15)13(23)21(14(12)24)9-5-3-4-8(6-9)17(18,19)20/h3-6,11-12H,7H2,1-2H3/t11-,12+,15?,16?/m0/s1. The number of nitrogens with zero attached hydrogens (tertiary/aromatic N) is 1. The van der Waals surface area contributed by atoms with Crippen LogP contribution in [0.25, 0.3) is 0 Å². The topological polar surface area (TPSA) is 63.7 Å². The number of carbonyl (C=O) groups excluding carboxylic acids is 3. The van der Waals surface area contributed by atoms with Crippen LogP contribution in [0.4, 0.5) is 18.9 Å². The highest BCUT2D eigenvalue weighted by Crippen LogP contribution is 2.59. The first-order chi connectivity index (χ1) is 11.5. The van der Waals surface area contributed by atoms with E-state index in [2.05, 4.69) is 0 Å². The van der Waals surface area contributed by atoms with Gasteiger partial charge in [0.2, 0.25) is 11.8 Å². The van der Waals surface area contributed by atoms with Crippen molar-refractivity contribution in [2.45, 2.75) is 37.6 Å². The lowest BCUT2D eigenvalue weighted by molar-refractivity contribution is -0.140. The minimum absolute atomic E-state index is 0.0140. The van der Waals surface area contributed by atoms with Gasteiger partial charge in [-0.05, 0) is 32.0 Å². The van der Waals surface area contributed by atoms with Crippen molar-refractivity contribution in [1.29, 1.82) is 0 Å². The normalized spacial score (nSPS) is 37.2. The second-order valence-electron chi connectivity index (χ2n) is 7.14. The molecule has 4 atom stereocenters. The first kappa shape index (κ1) is 16.3. The smallest absolute Gasteiger partial charge is 0.359 e. The van der Waals surface area contributed by atoms with Gasteiger partial charge in [-0.1, -0.05) is 6.07 Å². The number of ether oxygens (including phenoxy) is 1. The van der Waals surface area contributed by atoms with Crippen molar-refractivity contribution in [2.75, 3.05) is 4.90 Å². The summed E-state index contributed by atoms with van der Waals surface area (Å²) in [5, 5.41) is 0. The van der Waals surface area contributed by atoms with Gasteiger partial charge in [-0.15, -0.1) is 0 Å². The molecule has 0 N–H and O–H groups in total. The maximum absolute atomic E-state index is 12.9. The van der Waals surface area contributed by atoms with Crippen LogP contribution in [0, 0.1) is 11.8 Å². The molecule has 3 saturated heterocycles. The van der Waals surface area contributed by atoms with Crippen molar-refractivity contribution in [1.82, 2.24) is 0 Å². The van der Waals surface area contributed by atoms with Gasteiger partial charge in [0.25, 0.3) is 0 Å². The molecule has 3 aliphatic heterocycles. The second kappa shape index (κ2) is 4.49. The fourth-order valence-electron chi connectivity index (χ4n) is 4.40. The molecule has 2 bridgehead atoms. The highest BCUT2D eigenvalue weighted by Gasteiger charge is 2.76. The van der Waals surface area contributed by atoms with E-state index in [9.17, 15) is 27.6 Å². The Morgan fingerprint density at radius 3 is 2.40 bits per heavy atom. The Hall–Kier alpha value is -2.22. The fraction of sp³-hybridized carbons (Fsp3) is 0.471. The minimum atomic E-state index is -4.59. The van der Waals surface area contributed by atoms with Gasteiger partial charge >= 0.3 is 6.18 Å². The molecule has 3 fully saturated rings. The van der Waals surface area contributed by atoms with Crippen LogP contribution >= 0.6 is 0 Å². The molecule has 8 heteroatoms. The summed E-state index contributed by atoms with van der Waals surface area (Å²) in [7, 11) is 0. The third-order valence-electron chi connectivity index (χ3n) is 5.50. The molecule has 132 valence electrons. The minimum Gasteiger partial charge on any atom is -0.359 e. The predicted octanol–water partition coefficient (Wildman–Crippen LogP) is 2.33. The fourth-order valence-corrected chi connectivity index (χ4v) is 4.40. The van der Waals surface area contributed by atoms with Crippen LogP contribution in [0.2, 0.25) is 0 Å². The molecule has 0 aromatic heterocycles. The van der Waals surface area contributed by atoms with Gasteiger partial charge in [-0.3, -0.25) is 14.4 Å². The van der Waals surface area contributed by atoms with E-state index >= 15 is 0 Å². The molecule has 0 saturated carbocycles. The summed E-state index contributed by atoms with van der Waals surface area (Å²) in [4.78, 5) is 38.7. The van der Waals surface area contributed by atoms with E-state index in [4.69, 9.17) is 4.74 Å². The van der Waals surface area contributed by atoms with Gasteiger partial charge in [-0.2, -0.15) is 13.2 Å². The van der Waals surface area contributed by atoms with Crippen LogP contribution < -0.4 is 4.90 Å². The number of carbonyl (C=O) groups is 3. The highest BCUT2D eigenvalue weighted by molar-refractivity contribution is 6.25. The van der Waals surface area contributed by atoms with Crippen LogP contribution in [0.1, 0.15) is 25.8 Å². The maximum atomic E-state index is 12.9. The number of fused-ring (bicyclic) bond motifs is 5. The van der Waals surface area contributed by atoms with Gasteiger partial charge in [0.1, 0.15) is 5.60 Å². The largest absolute Gasteiger partial charge is 0.416 e. The number of halogens is 3. The van der Waals surface area contributed by atoms with Crippen LogP contribution in [-0.4, -0.2) is 28.8 Å². The quantitative estimate of drug-likeness (QED) is 0.727. The summed E-state index contributed by atoms with van der Waals surface area (Å²) in [6, 6.07) is 4.06. The van der Waals surface area contributed by atoms with E-state index < -0.39 is 46.6 Å². The SMILES string of the molecule is CC12CC(=O)C(C)(O1)[C@H]1C(=O)N(c3cccc(C(F)(F)F)c3)C(=O)[C@H]12. The second-order valence-corrected chi connectivity index (χ2v) is 7.14. The lowest BCUT2D eigenvalue weighted by atomic mass is 9.68. The Kier molecular flexibility index (Phi) is 2.92. The first-order valence-electron chi connectivity index (χ1n) is 7.77. The van der Waals surface area contributed by atoms with Crippen molar-refractivity contribution in [3.05, 3.63) is 29.8 Å². The van der Waals surface area contributed by atoms with Crippen LogP contribution in [-0.2, 0) is 25.3 Å².